The number of nitrogens with one attached hydrogen (secondary N) is 2. The first-order valence-electron chi connectivity index (χ1n) is 9.35. The summed E-state index contributed by atoms with van der Waals surface area (Å²) < 4.78 is 3.78. The van der Waals surface area contributed by atoms with E-state index in [-0.39, 0.29) is 5.57 Å². The fraction of sp³-hybridized carbons (Fsp3) is 0.182. The predicted molar refractivity (Wildman–Crippen MR) is 114 cm³/mol. The molecule has 29 heavy (non-hydrogen) atoms. The van der Waals surface area contributed by atoms with E-state index >= 15 is 0 Å². The van der Waals surface area contributed by atoms with Gasteiger partial charge in [0.1, 0.15) is 5.57 Å². The van der Waals surface area contributed by atoms with Gasteiger partial charge >= 0.3 is 0 Å². The van der Waals surface area contributed by atoms with E-state index in [0.717, 1.165) is 11.1 Å². The molecular formula is C22H22N4O2S. The fourth-order valence-corrected chi connectivity index (χ4v) is 3.15. The lowest BCUT2D eigenvalue weighted by atomic mass is 10.1. The Kier molecular flexibility index (Phi) is 7.65. The van der Waals surface area contributed by atoms with Gasteiger partial charge in [0.25, 0.3) is 11.8 Å². The molecule has 0 aliphatic heterocycles. The maximum atomic E-state index is 12.6. The van der Waals surface area contributed by atoms with Crippen molar-refractivity contribution >= 4 is 29.4 Å². The van der Waals surface area contributed by atoms with Crippen molar-refractivity contribution in [3.63, 3.8) is 0 Å². The fourth-order valence-electron chi connectivity index (χ4n) is 2.74. The molecule has 0 atom stereocenters. The molecule has 0 aliphatic rings. The van der Waals surface area contributed by atoms with Crippen molar-refractivity contribution < 1.29 is 9.59 Å². The minimum absolute atomic E-state index is 0.0267. The molecule has 0 saturated carbocycles. The standard InChI is InChI=1S/C22H22N4O2S/c27-21(23-13-11-17-7-3-1-4-8-17)20(15-19-16-29-26-25-19)22(28)24-14-12-18-9-5-2-6-10-18/h1-10,15-16H,11-14H2,(H,23,27)(H,24,28). The van der Waals surface area contributed by atoms with Gasteiger partial charge in [-0.25, -0.2) is 0 Å². The summed E-state index contributed by atoms with van der Waals surface area (Å²) in [4.78, 5) is 25.3. The number of carbonyl (C=O) groups is 2. The summed E-state index contributed by atoms with van der Waals surface area (Å²) in [7, 11) is 0. The molecule has 3 rings (SSSR count). The van der Waals surface area contributed by atoms with Gasteiger partial charge in [0.2, 0.25) is 0 Å². The average molecular weight is 407 g/mol. The molecule has 0 bridgehead atoms. The molecule has 2 amide bonds. The lowest BCUT2D eigenvalue weighted by Gasteiger charge is -2.10. The minimum Gasteiger partial charge on any atom is -0.352 e. The van der Waals surface area contributed by atoms with Crippen LogP contribution in [0.25, 0.3) is 6.08 Å². The van der Waals surface area contributed by atoms with Crippen LogP contribution in [0.2, 0.25) is 0 Å². The monoisotopic (exact) mass is 406 g/mol. The van der Waals surface area contributed by atoms with Gasteiger partial charge in [0.05, 0.1) is 5.69 Å². The van der Waals surface area contributed by atoms with Crippen molar-refractivity contribution in [2.75, 3.05) is 13.1 Å². The summed E-state index contributed by atoms with van der Waals surface area (Å²) in [6.07, 6.45) is 2.85. The quantitative estimate of drug-likeness (QED) is 0.325. The van der Waals surface area contributed by atoms with Gasteiger partial charge in [-0.2, -0.15) is 0 Å². The molecule has 6 nitrogen and oxygen atoms in total. The zero-order valence-electron chi connectivity index (χ0n) is 15.9. The largest absolute Gasteiger partial charge is 0.352 e. The topological polar surface area (TPSA) is 84.0 Å². The molecule has 3 aromatic rings. The van der Waals surface area contributed by atoms with Crippen molar-refractivity contribution in [1.82, 2.24) is 20.2 Å². The first-order chi connectivity index (χ1) is 14.2. The highest BCUT2D eigenvalue weighted by Gasteiger charge is 2.18. The van der Waals surface area contributed by atoms with Gasteiger partial charge < -0.3 is 10.6 Å². The summed E-state index contributed by atoms with van der Waals surface area (Å²) in [6, 6.07) is 19.7. The van der Waals surface area contributed by atoms with Crippen molar-refractivity contribution in [1.29, 1.82) is 0 Å². The molecule has 7 heteroatoms. The Labute approximate surface area is 173 Å². The van der Waals surface area contributed by atoms with Crippen LogP contribution in [0.3, 0.4) is 0 Å². The third kappa shape index (κ3) is 6.65. The summed E-state index contributed by atoms with van der Waals surface area (Å²) in [6.45, 7) is 0.875. The lowest BCUT2D eigenvalue weighted by Crippen LogP contribution is -2.36. The summed E-state index contributed by atoms with van der Waals surface area (Å²) in [5, 5.41) is 11.2. The number of hydrogen-bond acceptors (Lipinski definition) is 5. The van der Waals surface area contributed by atoms with Crippen molar-refractivity contribution in [2.45, 2.75) is 12.8 Å². The highest BCUT2D eigenvalue weighted by atomic mass is 32.1. The molecule has 0 aliphatic carbocycles. The van der Waals surface area contributed by atoms with E-state index < -0.39 is 11.8 Å². The molecule has 0 fully saturated rings. The normalized spacial score (nSPS) is 10.2. The highest BCUT2D eigenvalue weighted by Crippen LogP contribution is 2.07. The molecule has 2 N–H and O–H groups in total. The van der Waals surface area contributed by atoms with Crippen LogP contribution in [0.15, 0.2) is 71.6 Å². The van der Waals surface area contributed by atoms with Crippen LogP contribution >= 0.6 is 11.5 Å². The number of aromatic nitrogens is 2. The molecule has 1 heterocycles. The van der Waals surface area contributed by atoms with E-state index in [4.69, 9.17) is 0 Å². The first kappa shape index (κ1) is 20.4. The van der Waals surface area contributed by atoms with Crippen LogP contribution in [-0.4, -0.2) is 34.5 Å². The van der Waals surface area contributed by atoms with Crippen LogP contribution in [0.4, 0.5) is 0 Å². The maximum Gasteiger partial charge on any atom is 0.256 e. The van der Waals surface area contributed by atoms with Gasteiger partial charge in [-0.3, -0.25) is 9.59 Å². The van der Waals surface area contributed by atoms with Crippen molar-refractivity contribution in [2.24, 2.45) is 0 Å². The first-order valence-corrected chi connectivity index (χ1v) is 10.2. The summed E-state index contributed by atoms with van der Waals surface area (Å²) in [5.41, 5.74) is 2.75. The van der Waals surface area contributed by atoms with E-state index in [1.54, 1.807) is 5.38 Å². The molecular weight excluding hydrogens is 384 g/mol. The van der Waals surface area contributed by atoms with Gasteiger partial charge in [-0.05, 0) is 41.6 Å². The van der Waals surface area contributed by atoms with Crippen LogP contribution in [0, 0.1) is 0 Å². The zero-order chi connectivity index (χ0) is 20.3. The Morgan fingerprint density at radius 1 is 0.828 bits per heavy atom. The second-order valence-electron chi connectivity index (χ2n) is 6.37. The van der Waals surface area contributed by atoms with E-state index in [1.165, 1.54) is 17.6 Å². The predicted octanol–water partition coefficient (Wildman–Crippen LogP) is 2.64. The van der Waals surface area contributed by atoms with Gasteiger partial charge in [0.15, 0.2) is 0 Å². The van der Waals surface area contributed by atoms with Crippen LogP contribution in [0.1, 0.15) is 16.8 Å². The second kappa shape index (κ2) is 10.9. The summed E-state index contributed by atoms with van der Waals surface area (Å²) >= 11 is 1.17. The third-order valence-electron chi connectivity index (χ3n) is 4.24. The molecule has 0 spiro atoms. The molecule has 1 aromatic heterocycles. The smallest absolute Gasteiger partial charge is 0.256 e. The van der Waals surface area contributed by atoms with Gasteiger partial charge in [0, 0.05) is 18.5 Å². The van der Waals surface area contributed by atoms with Crippen LogP contribution in [0.5, 0.6) is 0 Å². The highest BCUT2D eigenvalue weighted by molar-refractivity contribution is 7.03. The third-order valence-corrected chi connectivity index (χ3v) is 4.77. The Morgan fingerprint density at radius 3 is 1.79 bits per heavy atom. The number of amides is 2. The second-order valence-corrected chi connectivity index (χ2v) is 6.98. The zero-order valence-corrected chi connectivity index (χ0v) is 16.7. The number of hydrogen-bond donors (Lipinski definition) is 2. The Hall–Kier alpha value is -3.32. The number of carbonyl (C=O) groups excluding carboxylic acids is 2. The van der Waals surface area contributed by atoms with Crippen LogP contribution < -0.4 is 10.6 Å². The summed E-state index contributed by atoms with van der Waals surface area (Å²) in [5.74, 6) is -0.850. The van der Waals surface area contributed by atoms with E-state index in [1.807, 2.05) is 60.7 Å². The lowest BCUT2D eigenvalue weighted by molar-refractivity contribution is -0.123. The molecule has 2 aromatic carbocycles. The van der Waals surface area contributed by atoms with Gasteiger partial charge in [-0.1, -0.05) is 65.2 Å². The molecule has 0 saturated heterocycles. The number of nitrogens with zero attached hydrogens (tertiary/aromatic N) is 2. The number of rotatable bonds is 9. The van der Waals surface area contributed by atoms with Gasteiger partial charge in [-0.15, -0.1) is 5.10 Å². The van der Waals surface area contributed by atoms with E-state index in [0.29, 0.717) is 31.6 Å². The van der Waals surface area contributed by atoms with E-state index in [9.17, 15) is 9.59 Å². The molecule has 0 radical (unpaired) electrons. The Morgan fingerprint density at radius 2 is 1.34 bits per heavy atom. The minimum atomic E-state index is -0.425. The average Bonchev–Trinajstić information content (AvgIpc) is 3.27. The number of benzene rings is 2. The Balaban J connectivity index is 1.59. The maximum absolute atomic E-state index is 12.6. The van der Waals surface area contributed by atoms with Crippen molar-refractivity contribution in [3.05, 3.63) is 88.4 Å². The van der Waals surface area contributed by atoms with Crippen LogP contribution in [-0.2, 0) is 22.4 Å². The van der Waals surface area contributed by atoms with E-state index in [2.05, 4.69) is 20.2 Å². The molecule has 148 valence electrons. The Bertz CT molecular complexity index is 882. The molecule has 0 unspecified atom stereocenters. The van der Waals surface area contributed by atoms with Crippen molar-refractivity contribution in [3.8, 4) is 0 Å². The SMILES string of the molecule is O=C(NCCc1ccccc1)C(=Cc1csnn1)C(=O)NCCc1ccccc1.